The van der Waals surface area contributed by atoms with E-state index in [-0.39, 0.29) is 18.0 Å². The van der Waals surface area contributed by atoms with Gasteiger partial charge in [0.2, 0.25) is 5.56 Å². The Labute approximate surface area is 137 Å². The van der Waals surface area contributed by atoms with Gasteiger partial charge in [0.05, 0.1) is 19.2 Å². The van der Waals surface area contributed by atoms with Crippen molar-refractivity contribution >= 4 is 5.91 Å². The Bertz CT molecular complexity index is 876. The second-order valence-corrected chi connectivity index (χ2v) is 5.04. The van der Waals surface area contributed by atoms with E-state index < -0.39 is 0 Å². The normalized spacial score (nSPS) is 10.4. The number of pyridine rings is 1. The van der Waals surface area contributed by atoms with Crippen molar-refractivity contribution in [3.63, 3.8) is 0 Å². The third kappa shape index (κ3) is 3.52. The molecule has 2 N–H and O–H groups in total. The Morgan fingerprint density at radius 1 is 1.25 bits per heavy atom. The van der Waals surface area contributed by atoms with Gasteiger partial charge in [-0.2, -0.15) is 0 Å². The first-order valence-corrected chi connectivity index (χ1v) is 7.22. The van der Waals surface area contributed by atoms with Gasteiger partial charge in [-0.1, -0.05) is 5.16 Å². The average Bonchev–Trinajstić information content (AvgIpc) is 3.09. The second kappa shape index (κ2) is 6.82. The lowest BCUT2D eigenvalue weighted by atomic mass is 10.1. The van der Waals surface area contributed by atoms with Crippen LogP contribution in [0.3, 0.4) is 0 Å². The number of nitrogens with one attached hydrogen (secondary N) is 2. The second-order valence-electron chi connectivity index (χ2n) is 5.04. The molecule has 0 saturated carbocycles. The third-order valence-corrected chi connectivity index (χ3v) is 3.41. The Balaban J connectivity index is 1.64. The molecule has 24 heavy (non-hydrogen) atoms. The summed E-state index contributed by atoms with van der Waals surface area (Å²) >= 11 is 0. The number of carbonyl (C=O) groups is 1. The highest BCUT2D eigenvalue weighted by Crippen LogP contribution is 2.23. The van der Waals surface area contributed by atoms with Gasteiger partial charge >= 0.3 is 0 Å². The van der Waals surface area contributed by atoms with Crippen LogP contribution in [0.4, 0.5) is 0 Å². The molecule has 0 aliphatic rings. The van der Waals surface area contributed by atoms with E-state index in [0.29, 0.717) is 17.0 Å². The summed E-state index contributed by atoms with van der Waals surface area (Å²) < 4.78 is 10.4. The predicted molar refractivity (Wildman–Crippen MR) is 86.7 cm³/mol. The predicted octanol–water partition coefficient (Wildman–Crippen LogP) is 1.97. The van der Waals surface area contributed by atoms with Gasteiger partial charge in [0.1, 0.15) is 11.4 Å². The van der Waals surface area contributed by atoms with E-state index in [1.165, 1.54) is 18.3 Å². The Morgan fingerprint density at radius 3 is 2.71 bits per heavy atom. The van der Waals surface area contributed by atoms with Crippen molar-refractivity contribution in [3.8, 4) is 17.1 Å². The van der Waals surface area contributed by atoms with Crippen molar-refractivity contribution in [3.05, 3.63) is 70.3 Å². The van der Waals surface area contributed by atoms with Gasteiger partial charge in [-0.05, 0) is 30.3 Å². The van der Waals surface area contributed by atoms with E-state index in [2.05, 4.69) is 15.5 Å². The zero-order valence-corrected chi connectivity index (χ0v) is 12.9. The van der Waals surface area contributed by atoms with Crippen molar-refractivity contribution in [1.29, 1.82) is 0 Å². The highest BCUT2D eigenvalue weighted by atomic mass is 16.5. The largest absolute Gasteiger partial charge is 0.497 e. The zero-order valence-electron chi connectivity index (χ0n) is 12.9. The fourth-order valence-electron chi connectivity index (χ4n) is 2.11. The maximum Gasteiger partial charge on any atom is 0.253 e. The van der Waals surface area contributed by atoms with Crippen LogP contribution in [0.15, 0.2) is 58.0 Å². The summed E-state index contributed by atoms with van der Waals surface area (Å²) in [5.74, 6) is 1.05. The number of rotatable bonds is 5. The molecular weight excluding hydrogens is 310 g/mol. The summed E-state index contributed by atoms with van der Waals surface area (Å²) in [4.78, 5) is 25.4. The van der Waals surface area contributed by atoms with E-state index in [4.69, 9.17) is 9.26 Å². The molecule has 7 heteroatoms. The SMILES string of the molecule is COc1ccc(-c2cc(CNC(=O)c3ccc(=O)[nH]c3)no2)cc1. The fourth-order valence-corrected chi connectivity index (χ4v) is 2.11. The molecule has 0 saturated heterocycles. The van der Waals surface area contributed by atoms with Crippen LogP contribution < -0.4 is 15.6 Å². The minimum absolute atomic E-state index is 0.220. The van der Waals surface area contributed by atoms with Gasteiger partial charge in [-0.15, -0.1) is 0 Å². The lowest BCUT2D eigenvalue weighted by molar-refractivity contribution is 0.0949. The van der Waals surface area contributed by atoms with Crippen LogP contribution in [0, 0.1) is 0 Å². The number of aromatic nitrogens is 2. The molecule has 0 fully saturated rings. The van der Waals surface area contributed by atoms with E-state index in [0.717, 1.165) is 11.3 Å². The summed E-state index contributed by atoms with van der Waals surface area (Å²) in [7, 11) is 1.60. The molecule has 3 aromatic rings. The van der Waals surface area contributed by atoms with Crippen LogP contribution in [0.5, 0.6) is 5.75 Å². The van der Waals surface area contributed by atoms with Gasteiger partial charge in [-0.3, -0.25) is 9.59 Å². The van der Waals surface area contributed by atoms with Crippen LogP contribution in [0.1, 0.15) is 16.1 Å². The van der Waals surface area contributed by atoms with Crippen LogP contribution in [-0.4, -0.2) is 23.2 Å². The molecule has 0 aliphatic heterocycles. The van der Waals surface area contributed by atoms with E-state index >= 15 is 0 Å². The number of H-pyrrole nitrogens is 1. The zero-order chi connectivity index (χ0) is 16.9. The highest BCUT2D eigenvalue weighted by molar-refractivity contribution is 5.93. The maximum absolute atomic E-state index is 12.0. The number of hydrogen-bond acceptors (Lipinski definition) is 5. The van der Waals surface area contributed by atoms with Gasteiger partial charge in [0.15, 0.2) is 5.76 Å². The average molecular weight is 325 g/mol. The summed E-state index contributed by atoms with van der Waals surface area (Å²) in [6.07, 6.45) is 1.36. The molecule has 1 aromatic carbocycles. The number of hydrogen-bond donors (Lipinski definition) is 2. The molecule has 0 aliphatic carbocycles. The van der Waals surface area contributed by atoms with Crippen LogP contribution in [-0.2, 0) is 6.54 Å². The van der Waals surface area contributed by atoms with Crippen molar-refractivity contribution in [2.75, 3.05) is 7.11 Å². The molecule has 122 valence electrons. The molecule has 0 unspecified atom stereocenters. The van der Waals surface area contributed by atoms with E-state index in [9.17, 15) is 9.59 Å². The molecule has 7 nitrogen and oxygen atoms in total. The number of aromatic amines is 1. The molecule has 1 amide bonds. The lowest BCUT2D eigenvalue weighted by Crippen LogP contribution is -2.23. The summed E-state index contributed by atoms with van der Waals surface area (Å²) in [6, 6.07) is 11.9. The summed E-state index contributed by atoms with van der Waals surface area (Å²) in [5.41, 5.74) is 1.57. The van der Waals surface area contributed by atoms with E-state index in [1.807, 2.05) is 24.3 Å². The molecule has 0 radical (unpaired) electrons. The van der Waals surface area contributed by atoms with Gasteiger partial charge < -0.3 is 19.6 Å². The van der Waals surface area contributed by atoms with Gasteiger partial charge in [-0.25, -0.2) is 0 Å². The molecule has 0 bridgehead atoms. The Hall–Kier alpha value is -3.35. The Kier molecular flexibility index (Phi) is 4.42. The van der Waals surface area contributed by atoms with Crippen molar-refractivity contribution in [1.82, 2.24) is 15.5 Å². The molecule has 0 atom stereocenters. The topological polar surface area (TPSA) is 97.2 Å². The number of benzene rings is 1. The van der Waals surface area contributed by atoms with Gasteiger partial charge in [0.25, 0.3) is 5.91 Å². The molecule has 2 heterocycles. The molecular formula is C17H15N3O4. The molecule has 3 rings (SSSR count). The first-order chi connectivity index (χ1) is 11.7. The number of carbonyl (C=O) groups excluding carboxylic acids is 1. The van der Waals surface area contributed by atoms with Crippen LogP contribution in [0.2, 0.25) is 0 Å². The lowest BCUT2D eigenvalue weighted by Gasteiger charge is -2.01. The standard InChI is InChI=1S/C17H15N3O4/c1-23-14-5-2-11(3-6-14)15-8-13(20-24-15)10-19-17(22)12-4-7-16(21)18-9-12/h2-9H,10H2,1H3,(H,18,21)(H,19,22). The summed E-state index contributed by atoms with van der Waals surface area (Å²) in [5, 5.41) is 6.65. The van der Waals surface area contributed by atoms with Crippen LogP contribution >= 0.6 is 0 Å². The highest BCUT2D eigenvalue weighted by Gasteiger charge is 2.09. The van der Waals surface area contributed by atoms with Crippen molar-refractivity contribution in [2.24, 2.45) is 0 Å². The fraction of sp³-hybridized carbons (Fsp3) is 0.118. The minimum atomic E-state index is -0.305. The number of methoxy groups -OCH3 is 1. The first kappa shape index (κ1) is 15.5. The quantitative estimate of drug-likeness (QED) is 0.747. The smallest absolute Gasteiger partial charge is 0.253 e. The first-order valence-electron chi connectivity index (χ1n) is 7.22. The van der Waals surface area contributed by atoms with Crippen molar-refractivity contribution < 1.29 is 14.1 Å². The van der Waals surface area contributed by atoms with Gasteiger partial charge in [0, 0.05) is 23.9 Å². The maximum atomic E-state index is 12.0. The number of nitrogens with zero attached hydrogens (tertiary/aromatic N) is 1. The molecule has 2 aromatic heterocycles. The molecule has 0 spiro atoms. The van der Waals surface area contributed by atoms with E-state index in [1.54, 1.807) is 13.2 Å². The third-order valence-electron chi connectivity index (χ3n) is 3.41. The summed E-state index contributed by atoms with van der Waals surface area (Å²) in [6.45, 7) is 0.220. The minimum Gasteiger partial charge on any atom is -0.497 e. The van der Waals surface area contributed by atoms with Crippen LogP contribution in [0.25, 0.3) is 11.3 Å². The number of amides is 1. The number of ether oxygens (including phenoxy) is 1. The van der Waals surface area contributed by atoms with Crippen molar-refractivity contribution in [2.45, 2.75) is 6.54 Å². The monoisotopic (exact) mass is 325 g/mol. The Morgan fingerprint density at radius 2 is 2.04 bits per heavy atom.